The van der Waals surface area contributed by atoms with Crippen LogP contribution in [0.25, 0.3) is 0 Å². The summed E-state index contributed by atoms with van der Waals surface area (Å²) < 4.78 is 10.7. The highest BCUT2D eigenvalue weighted by Gasteiger charge is 2.04. The summed E-state index contributed by atoms with van der Waals surface area (Å²) in [5.74, 6) is 1.39. The van der Waals surface area contributed by atoms with E-state index in [2.05, 4.69) is 15.5 Å². The predicted molar refractivity (Wildman–Crippen MR) is 56.7 cm³/mol. The molecule has 0 saturated carbocycles. The first kappa shape index (κ1) is 12.1. The minimum atomic E-state index is 0.647. The molecule has 15 heavy (non-hydrogen) atoms. The van der Waals surface area contributed by atoms with Crippen molar-refractivity contribution in [3.05, 3.63) is 11.8 Å². The molecule has 1 rings (SSSR count). The van der Waals surface area contributed by atoms with Crippen molar-refractivity contribution in [2.24, 2.45) is 0 Å². The number of aryl methyl sites for hydroxylation is 1. The van der Waals surface area contributed by atoms with E-state index in [1.807, 2.05) is 14.0 Å². The standard InChI is InChI=1S/C10H19N3O2/c1-3-14-8-6-10-13-12-9(15-10)5-4-7-11-2/h11H,3-8H2,1-2H3. The van der Waals surface area contributed by atoms with Crippen LogP contribution in [0.5, 0.6) is 0 Å². The van der Waals surface area contributed by atoms with Crippen LogP contribution in [0.4, 0.5) is 0 Å². The second-order valence-electron chi connectivity index (χ2n) is 3.24. The summed E-state index contributed by atoms with van der Waals surface area (Å²) in [7, 11) is 1.93. The summed E-state index contributed by atoms with van der Waals surface area (Å²) in [5, 5.41) is 11.0. The van der Waals surface area contributed by atoms with Crippen molar-refractivity contribution in [2.45, 2.75) is 26.2 Å². The maximum absolute atomic E-state index is 5.45. The first-order chi connectivity index (χ1) is 7.36. The van der Waals surface area contributed by atoms with Crippen LogP contribution < -0.4 is 5.32 Å². The van der Waals surface area contributed by atoms with Crippen molar-refractivity contribution in [3.63, 3.8) is 0 Å². The van der Waals surface area contributed by atoms with Gasteiger partial charge in [-0.25, -0.2) is 0 Å². The summed E-state index contributed by atoms with van der Waals surface area (Å²) >= 11 is 0. The largest absolute Gasteiger partial charge is 0.425 e. The Kier molecular flexibility index (Phi) is 5.96. The molecule has 0 radical (unpaired) electrons. The van der Waals surface area contributed by atoms with Gasteiger partial charge in [0.15, 0.2) is 0 Å². The van der Waals surface area contributed by atoms with Gasteiger partial charge in [0, 0.05) is 19.4 Å². The van der Waals surface area contributed by atoms with Gasteiger partial charge in [0.2, 0.25) is 11.8 Å². The average Bonchev–Trinajstić information content (AvgIpc) is 2.67. The fraction of sp³-hybridized carbons (Fsp3) is 0.800. The highest BCUT2D eigenvalue weighted by molar-refractivity contribution is 4.82. The van der Waals surface area contributed by atoms with Crippen LogP contribution in [-0.4, -0.2) is 37.0 Å². The van der Waals surface area contributed by atoms with Crippen molar-refractivity contribution in [3.8, 4) is 0 Å². The average molecular weight is 213 g/mol. The predicted octanol–water partition coefficient (Wildman–Crippen LogP) is 0.801. The van der Waals surface area contributed by atoms with E-state index in [1.165, 1.54) is 0 Å². The quantitative estimate of drug-likeness (QED) is 0.647. The zero-order valence-corrected chi connectivity index (χ0v) is 9.45. The molecule has 0 aliphatic rings. The lowest BCUT2D eigenvalue weighted by molar-refractivity contribution is 0.145. The SMILES string of the molecule is CCOCCc1nnc(CCCNC)o1. The molecule has 0 saturated heterocycles. The van der Waals surface area contributed by atoms with Crippen molar-refractivity contribution in [1.82, 2.24) is 15.5 Å². The van der Waals surface area contributed by atoms with Crippen LogP contribution in [0.1, 0.15) is 25.1 Å². The Bertz CT molecular complexity index is 238. The van der Waals surface area contributed by atoms with Gasteiger partial charge in [0.05, 0.1) is 6.61 Å². The van der Waals surface area contributed by atoms with Gasteiger partial charge < -0.3 is 14.5 Å². The second-order valence-corrected chi connectivity index (χ2v) is 3.24. The molecule has 86 valence electrons. The van der Waals surface area contributed by atoms with Crippen LogP contribution in [0.15, 0.2) is 4.42 Å². The topological polar surface area (TPSA) is 60.2 Å². The van der Waals surface area contributed by atoms with Crippen molar-refractivity contribution < 1.29 is 9.15 Å². The number of hydrogen-bond acceptors (Lipinski definition) is 5. The minimum Gasteiger partial charge on any atom is -0.425 e. The maximum Gasteiger partial charge on any atom is 0.218 e. The van der Waals surface area contributed by atoms with Crippen LogP contribution in [0.3, 0.4) is 0 Å². The molecule has 0 fully saturated rings. The number of ether oxygens (including phenoxy) is 1. The molecule has 0 bridgehead atoms. The molecule has 5 nitrogen and oxygen atoms in total. The Morgan fingerprint density at radius 2 is 2.00 bits per heavy atom. The molecule has 0 unspecified atom stereocenters. The van der Waals surface area contributed by atoms with E-state index in [-0.39, 0.29) is 0 Å². The molecule has 1 heterocycles. The lowest BCUT2D eigenvalue weighted by Crippen LogP contribution is -2.08. The molecule has 0 aliphatic heterocycles. The normalized spacial score (nSPS) is 10.8. The van der Waals surface area contributed by atoms with E-state index < -0.39 is 0 Å². The third-order valence-electron chi connectivity index (χ3n) is 1.99. The summed E-state index contributed by atoms with van der Waals surface area (Å²) in [4.78, 5) is 0. The Morgan fingerprint density at radius 1 is 1.27 bits per heavy atom. The van der Waals surface area contributed by atoms with E-state index in [0.717, 1.165) is 31.9 Å². The smallest absolute Gasteiger partial charge is 0.218 e. The van der Waals surface area contributed by atoms with Gasteiger partial charge >= 0.3 is 0 Å². The van der Waals surface area contributed by atoms with E-state index >= 15 is 0 Å². The van der Waals surface area contributed by atoms with Crippen LogP contribution >= 0.6 is 0 Å². The van der Waals surface area contributed by atoms with Crippen molar-refractivity contribution in [1.29, 1.82) is 0 Å². The Hall–Kier alpha value is -0.940. The summed E-state index contributed by atoms with van der Waals surface area (Å²) in [6.45, 7) is 4.31. The van der Waals surface area contributed by atoms with Gasteiger partial charge in [-0.1, -0.05) is 0 Å². The van der Waals surface area contributed by atoms with E-state index in [9.17, 15) is 0 Å². The highest BCUT2D eigenvalue weighted by atomic mass is 16.5. The molecule has 1 aromatic heterocycles. The lowest BCUT2D eigenvalue weighted by atomic mass is 10.3. The maximum atomic E-state index is 5.45. The second kappa shape index (κ2) is 7.36. The van der Waals surface area contributed by atoms with E-state index in [0.29, 0.717) is 18.9 Å². The summed E-state index contributed by atoms with van der Waals surface area (Å²) in [6.07, 6.45) is 2.55. The zero-order chi connectivity index (χ0) is 10.9. The monoisotopic (exact) mass is 213 g/mol. The van der Waals surface area contributed by atoms with Crippen LogP contribution in [0.2, 0.25) is 0 Å². The molecule has 0 amide bonds. The molecular weight excluding hydrogens is 194 g/mol. The first-order valence-corrected chi connectivity index (χ1v) is 5.40. The van der Waals surface area contributed by atoms with Crippen LogP contribution in [-0.2, 0) is 17.6 Å². The van der Waals surface area contributed by atoms with Crippen molar-refractivity contribution >= 4 is 0 Å². The van der Waals surface area contributed by atoms with Gasteiger partial charge in [-0.15, -0.1) is 10.2 Å². The molecule has 1 aromatic rings. The summed E-state index contributed by atoms with van der Waals surface area (Å²) in [6, 6.07) is 0. The van der Waals surface area contributed by atoms with Gasteiger partial charge in [-0.2, -0.15) is 0 Å². The Balaban J connectivity index is 2.23. The van der Waals surface area contributed by atoms with Gasteiger partial charge in [-0.05, 0) is 26.9 Å². The number of rotatable bonds is 8. The van der Waals surface area contributed by atoms with Gasteiger partial charge in [0.25, 0.3) is 0 Å². The molecular formula is C10H19N3O2. The Labute approximate surface area is 90.2 Å². The fourth-order valence-corrected chi connectivity index (χ4v) is 1.21. The first-order valence-electron chi connectivity index (χ1n) is 5.40. The zero-order valence-electron chi connectivity index (χ0n) is 9.45. The molecule has 0 atom stereocenters. The van der Waals surface area contributed by atoms with Crippen LogP contribution in [0, 0.1) is 0 Å². The summed E-state index contributed by atoms with van der Waals surface area (Å²) in [5.41, 5.74) is 0. The molecule has 5 heteroatoms. The van der Waals surface area contributed by atoms with Gasteiger partial charge in [-0.3, -0.25) is 0 Å². The number of hydrogen-bond donors (Lipinski definition) is 1. The highest BCUT2D eigenvalue weighted by Crippen LogP contribution is 2.03. The van der Waals surface area contributed by atoms with Gasteiger partial charge in [0.1, 0.15) is 0 Å². The number of aromatic nitrogens is 2. The lowest BCUT2D eigenvalue weighted by Gasteiger charge is -1.96. The van der Waals surface area contributed by atoms with E-state index in [1.54, 1.807) is 0 Å². The van der Waals surface area contributed by atoms with Crippen molar-refractivity contribution in [2.75, 3.05) is 26.8 Å². The Morgan fingerprint density at radius 3 is 2.67 bits per heavy atom. The third-order valence-corrected chi connectivity index (χ3v) is 1.99. The number of nitrogens with one attached hydrogen (secondary N) is 1. The minimum absolute atomic E-state index is 0.647. The molecule has 1 N–H and O–H groups in total. The fourth-order valence-electron chi connectivity index (χ4n) is 1.21. The molecule has 0 aromatic carbocycles. The van der Waals surface area contributed by atoms with E-state index in [4.69, 9.17) is 9.15 Å². The molecule has 0 spiro atoms. The number of nitrogens with zero attached hydrogens (tertiary/aromatic N) is 2. The third kappa shape index (κ3) is 4.90. The molecule has 0 aliphatic carbocycles.